The van der Waals surface area contributed by atoms with E-state index in [1.807, 2.05) is 18.2 Å². The first-order valence-electron chi connectivity index (χ1n) is 6.54. The van der Waals surface area contributed by atoms with Crippen molar-refractivity contribution in [3.63, 3.8) is 0 Å². The minimum atomic E-state index is -0.612. The van der Waals surface area contributed by atoms with Crippen molar-refractivity contribution in [1.29, 1.82) is 0 Å². The van der Waals surface area contributed by atoms with Crippen LogP contribution < -0.4 is 5.32 Å². The van der Waals surface area contributed by atoms with Crippen LogP contribution in [0.5, 0.6) is 0 Å². The normalized spacial score (nSPS) is 23.6. The molecule has 2 aliphatic heterocycles. The Morgan fingerprint density at radius 1 is 1.20 bits per heavy atom. The molecular weight excluding hydrogens is 258 g/mol. The van der Waals surface area contributed by atoms with E-state index >= 15 is 0 Å². The van der Waals surface area contributed by atoms with E-state index in [1.54, 1.807) is 18.1 Å². The second-order valence-corrected chi connectivity index (χ2v) is 5.09. The molecule has 1 aromatic rings. The van der Waals surface area contributed by atoms with Gasteiger partial charge >= 0.3 is 0 Å². The van der Waals surface area contributed by atoms with Crippen LogP contribution in [0.15, 0.2) is 24.3 Å². The predicted octanol–water partition coefficient (Wildman–Crippen LogP) is 0.294. The monoisotopic (exact) mass is 273 g/mol. The maximum absolute atomic E-state index is 12.6. The van der Waals surface area contributed by atoms with Gasteiger partial charge in [0, 0.05) is 25.6 Å². The number of amides is 3. The molecule has 0 aliphatic carbocycles. The van der Waals surface area contributed by atoms with Crippen molar-refractivity contribution in [1.82, 2.24) is 15.3 Å². The van der Waals surface area contributed by atoms with Gasteiger partial charge in [0.05, 0.1) is 0 Å². The van der Waals surface area contributed by atoms with Gasteiger partial charge in [-0.25, -0.2) is 5.01 Å². The zero-order valence-corrected chi connectivity index (χ0v) is 11.1. The van der Waals surface area contributed by atoms with Crippen LogP contribution in [0.3, 0.4) is 0 Å². The van der Waals surface area contributed by atoms with Crippen LogP contribution in [0.25, 0.3) is 0 Å². The number of benzene rings is 1. The number of carbonyl (C=O) groups is 3. The highest BCUT2D eigenvalue weighted by molar-refractivity contribution is 6.04. The predicted molar refractivity (Wildman–Crippen MR) is 70.3 cm³/mol. The van der Waals surface area contributed by atoms with Crippen LogP contribution in [-0.2, 0) is 16.1 Å². The van der Waals surface area contributed by atoms with Crippen molar-refractivity contribution < 1.29 is 14.4 Å². The number of rotatable bonds is 1. The van der Waals surface area contributed by atoms with Crippen LogP contribution in [0.2, 0.25) is 0 Å². The van der Waals surface area contributed by atoms with Crippen molar-refractivity contribution in [3.8, 4) is 0 Å². The van der Waals surface area contributed by atoms with E-state index in [1.165, 1.54) is 5.01 Å². The van der Waals surface area contributed by atoms with E-state index in [4.69, 9.17) is 0 Å². The molecule has 3 rings (SSSR count). The van der Waals surface area contributed by atoms with Crippen LogP contribution in [-0.4, -0.2) is 40.8 Å². The SMILES string of the molecule is CN1Cc2ccccc2C(=O)N1C1CCC(=O)NC1=O. The summed E-state index contributed by atoms with van der Waals surface area (Å²) in [5.41, 5.74) is 1.57. The van der Waals surface area contributed by atoms with Gasteiger partial charge in [-0.15, -0.1) is 0 Å². The van der Waals surface area contributed by atoms with Crippen LogP contribution in [0.4, 0.5) is 0 Å². The summed E-state index contributed by atoms with van der Waals surface area (Å²) in [5.74, 6) is -0.872. The Labute approximate surface area is 116 Å². The number of hydrazine groups is 1. The molecule has 0 aromatic heterocycles. The highest BCUT2D eigenvalue weighted by atomic mass is 16.2. The molecule has 1 atom stereocenters. The van der Waals surface area contributed by atoms with Crippen molar-refractivity contribution in [2.75, 3.05) is 7.05 Å². The van der Waals surface area contributed by atoms with Crippen LogP contribution in [0, 0.1) is 0 Å². The molecule has 20 heavy (non-hydrogen) atoms. The van der Waals surface area contributed by atoms with Gasteiger partial charge in [0.15, 0.2) is 0 Å². The Morgan fingerprint density at radius 3 is 2.70 bits per heavy atom. The zero-order valence-electron chi connectivity index (χ0n) is 11.1. The minimum absolute atomic E-state index is 0.191. The van der Waals surface area contributed by atoms with Crippen molar-refractivity contribution >= 4 is 17.7 Å². The fraction of sp³-hybridized carbons (Fsp3) is 0.357. The molecule has 6 heteroatoms. The smallest absolute Gasteiger partial charge is 0.269 e. The molecular formula is C14H15N3O3. The summed E-state index contributed by atoms with van der Waals surface area (Å²) >= 11 is 0. The molecule has 1 saturated heterocycles. The van der Waals surface area contributed by atoms with Crippen molar-refractivity contribution in [3.05, 3.63) is 35.4 Å². The Hall–Kier alpha value is -2.21. The average molecular weight is 273 g/mol. The van der Waals surface area contributed by atoms with Gasteiger partial charge in [0.1, 0.15) is 6.04 Å². The molecule has 0 radical (unpaired) electrons. The fourth-order valence-electron chi connectivity index (χ4n) is 2.76. The van der Waals surface area contributed by atoms with E-state index in [0.29, 0.717) is 18.5 Å². The number of nitrogens with one attached hydrogen (secondary N) is 1. The highest BCUT2D eigenvalue weighted by Crippen LogP contribution is 2.25. The number of fused-ring (bicyclic) bond motifs is 1. The van der Waals surface area contributed by atoms with Gasteiger partial charge in [-0.3, -0.25) is 24.7 Å². The van der Waals surface area contributed by atoms with Crippen molar-refractivity contribution in [2.45, 2.75) is 25.4 Å². The summed E-state index contributed by atoms with van der Waals surface area (Å²) < 4.78 is 0. The van der Waals surface area contributed by atoms with Crippen molar-refractivity contribution in [2.24, 2.45) is 0 Å². The molecule has 1 fully saturated rings. The molecule has 104 valence electrons. The third-order valence-corrected chi connectivity index (χ3v) is 3.73. The lowest BCUT2D eigenvalue weighted by Crippen LogP contribution is -2.60. The summed E-state index contributed by atoms with van der Waals surface area (Å²) in [4.78, 5) is 35.7. The highest BCUT2D eigenvalue weighted by Gasteiger charge is 2.39. The van der Waals surface area contributed by atoms with Crippen LogP contribution in [0.1, 0.15) is 28.8 Å². The number of nitrogens with zero attached hydrogens (tertiary/aromatic N) is 2. The first kappa shape index (κ1) is 12.8. The number of carbonyl (C=O) groups excluding carboxylic acids is 3. The van der Waals surface area contributed by atoms with Gasteiger partial charge in [-0.1, -0.05) is 18.2 Å². The lowest BCUT2D eigenvalue weighted by molar-refractivity contribution is -0.142. The number of hydrogen-bond acceptors (Lipinski definition) is 4. The molecule has 3 amide bonds. The first-order valence-corrected chi connectivity index (χ1v) is 6.54. The third kappa shape index (κ3) is 1.98. The first-order chi connectivity index (χ1) is 9.58. The zero-order chi connectivity index (χ0) is 14.3. The lowest BCUT2D eigenvalue weighted by Gasteiger charge is -2.42. The van der Waals surface area contributed by atoms with Gasteiger partial charge in [-0.2, -0.15) is 0 Å². The molecule has 1 aromatic carbocycles. The third-order valence-electron chi connectivity index (χ3n) is 3.73. The topological polar surface area (TPSA) is 69.7 Å². The Bertz CT molecular complexity index is 599. The van der Waals surface area contributed by atoms with Gasteiger partial charge in [0.25, 0.3) is 11.8 Å². The van der Waals surface area contributed by atoms with E-state index in [2.05, 4.69) is 5.32 Å². The Morgan fingerprint density at radius 2 is 1.95 bits per heavy atom. The Balaban J connectivity index is 1.93. The second-order valence-electron chi connectivity index (χ2n) is 5.09. The fourth-order valence-corrected chi connectivity index (χ4v) is 2.76. The second kappa shape index (κ2) is 4.72. The molecule has 2 heterocycles. The number of piperidine rings is 1. The summed E-state index contributed by atoms with van der Waals surface area (Å²) in [6, 6.07) is 6.76. The molecule has 6 nitrogen and oxygen atoms in total. The molecule has 0 saturated carbocycles. The van der Waals surface area contributed by atoms with E-state index in [-0.39, 0.29) is 18.2 Å². The van der Waals surface area contributed by atoms with E-state index < -0.39 is 11.9 Å². The van der Waals surface area contributed by atoms with Gasteiger partial charge < -0.3 is 0 Å². The lowest BCUT2D eigenvalue weighted by atomic mass is 10.0. The number of imide groups is 1. The maximum atomic E-state index is 12.6. The summed E-state index contributed by atoms with van der Waals surface area (Å²) in [6.45, 7) is 0.569. The molecule has 1 N–H and O–H groups in total. The summed E-state index contributed by atoms with van der Waals surface area (Å²) in [5, 5.41) is 5.50. The van der Waals surface area contributed by atoms with Gasteiger partial charge in [0.2, 0.25) is 5.91 Å². The molecule has 1 unspecified atom stereocenters. The largest absolute Gasteiger partial charge is 0.295 e. The maximum Gasteiger partial charge on any atom is 0.269 e. The quantitative estimate of drug-likeness (QED) is 0.747. The minimum Gasteiger partial charge on any atom is -0.295 e. The van der Waals surface area contributed by atoms with E-state index in [0.717, 1.165) is 5.56 Å². The summed E-state index contributed by atoms with van der Waals surface area (Å²) in [6.07, 6.45) is 0.624. The molecule has 0 spiro atoms. The van der Waals surface area contributed by atoms with Crippen LogP contribution >= 0.6 is 0 Å². The Kier molecular flexibility index (Phi) is 3.02. The van der Waals surface area contributed by atoms with E-state index in [9.17, 15) is 14.4 Å². The standard InChI is InChI=1S/C14H15N3O3/c1-16-8-9-4-2-3-5-10(9)14(20)17(16)11-6-7-12(18)15-13(11)19/h2-5,11H,6-8H2,1H3,(H,15,18,19). The molecule has 2 aliphatic rings. The molecule has 0 bridgehead atoms. The average Bonchev–Trinajstić information content (AvgIpc) is 2.41. The number of hydrogen-bond donors (Lipinski definition) is 1. The summed E-state index contributed by atoms with van der Waals surface area (Å²) in [7, 11) is 1.78. The van der Waals surface area contributed by atoms with Gasteiger partial charge in [-0.05, 0) is 18.1 Å².